The lowest BCUT2D eigenvalue weighted by atomic mass is 9.66. The molecule has 1 N–H and O–H groups in total. The van der Waals surface area contributed by atoms with Crippen LogP contribution in [0.4, 0.5) is 0 Å². The number of benzene rings is 2. The number of hydrogen-bond donors (Lipinski definition) is 1. The largest absolute Gasteiger partial charge is 0.328 e. The van der Waals surface area contributed by atoms with E-state index in [9.17, 15) is 13.2 Å². The molecule has 5 nitrogen and oxygen atoms in total. The molecule has 1 amide bonds. The Labute approximate surface area is 231 Å². The molecule has 0 spiro atoms. The van der Waals surface area contributed by atoms with E-state index in [2.05, 4.69) is 17.4 Å². The van der Waals surface area contributed by atoms with Crippen molar-refractivity contribution < 1.29 is 13.2 Å². The maximum Gasteiger partial charge on any atom is 0.229 e. The predicted molar refractivity (Wildman–Crippen MR) is 151 cm³/mol. The van der Waals surface area contributed by atoms with Gasteiger partial charge in [0, 0.05) is 22.5 Å². The van der Waals surface area contributed by atoms with Gasteiger partial charge in [-0.25, -0.2) is 13.1 Å². The van der Waals surface area contributed by atoms with Crippen LogP contribution >= 0.6 is 23.2 Å². The second-order valence-electron chi connectivity index (χ2n) is 10.7. The fourth-order valence-electron chi connectivity index (χ4n) is 6.24. The topological polar surface area (TPSA) is 66.5 Å². The number of allylic oxidation sites excluding steroid dienone is 1. The lowest BCUT2D eigenvalue weighted by molar-refractivity contribution is -0.160. The molecule has 2 aromatic rings. The maximum atomic E-state index is 14.6. The van der Waals surface area contributed by atoms with Gasteiger partial charge in [-0.05, 0) is 68.0 Å². The first-order chi connectivity index (χ1) is 17.5. The van der Waals surface area contributed by atoms with E-state index in [1.807, 2.05) is 60.4 Å². The van der Waals surface area contributed by atoms with Crippen molar-refractivity contribution in [2.45, 2.75) is 69.9 Å². The Bertz CT molecular complexity index is 1240. The van der Waals surface area contributed by atoms with Gasteiger partial charge in [0.15, 0.2) is 0 Å². The van der Waals surface area contributed by atoms with Gasteiger partial charge in [-0.1, -0.05) is 73.3 Å². The second kappa shape index (κ2) is 11.1. The van der Waals surface area contributed by atoms with Crippen molar-refractivity contribution in [1.82, 2.24) is 9.62 Å². The fraction of sp³-hybridized carbons (Fsp3) is 0.483. The highest BCUT2D eigenvalue weighted by molar-refractivity contribution is 7.89. The molecule has 4 rings (SSSR count). The van der Waals surface area contributed by atoms with Gasteiger partial charge >= 0.3 is 0 Å². The summed E-state index contributed by atoms with van der Waals surface area (Å²) in [6, 6.07) is 15.2. The molecule has 200 valence electrons. The van der Waals surface area contributed by atoms with E-state index in [1.54, 1.807) is 6.92 Å². The zero-order valence-corrected chi connectivity index (χ0v) is 23.9. The van der Waals surface area contributed by atoms with E-state index in [4.69, 9.17) is 23.2 Å². The summed E-state index contributed by atoms with van der Waals surface area (Å²) in [5.74, 6) is -0.0113. The van der Waals surface area contributed by atoms with Crippen LogP contribution in [0.2, 0.25) is 10.0 Å². The van der Waals surface area contributed by atoms with E-state index >= 15 is 0 Å². The van der Waals surface area contributed by atoms with Crippen molar-refractivity contribution in [3.63, 3.8) is 0 Å². The number of rotatable bonds is 9. The number of likely N-dealkylation sites (tertiary alicyclic amines) is 1. The molecule has 1 saturated heterocycles. The minimum absolute atomic E-state index is 0.00302. The van der Waals surface area contributed by atoms with Crippen molar-refractivity contribution in [2.75, 3.05) is 12.3 Å². The van der Waals surface area contributed by atoms with Gasteiger partial charge in [0.25, 0.3) is 0 Å². The Balaban J connectivity index is 1.93. The molecule has 2 fully saturated rings. The quantitative estimate of drug-likeness (QED) is 0.338. The molecule has 1 aliphatic carbocycles. The number of carbonyl (C=O) groups excluding carboxylic acids is 1. The summed E-state index contributed by atoms with van der Waals surface area (Å²) in [4.78, 5) is 16.6. The van der Waals surface area contributed by atoms with E-state index in [0.717, 1.165) is 36.8 Å². The van der Waals surface area contributed by atoms with E-state index in [1.165, 1.54) is 0 Å². The van der Waals surface area contributed by atoms with Gasteiger partial charge < -0.3 is 4.90 Å². The summed E-state index contributed by atoms with van der Waals surface area (Å²) in [5, 5.41) is 1.27. The number of carbonyl (C=O) groups is 1. The summed E-state index contributed by atoms with van der Waals surface area (Å²) < 4.78 is 27.9. The number of nitrogens with zero attached hydrogens (tertiary/aromatic N) is 1. The molecule has 2 aliphatic rings. The Morgan fingerprint density at radius 3 is 2.35 bits per heavy atom. The van der Waals surface area contributed by atoms with Crippen molar-refractivity contribution in [1.29, 1.82) is 0 Å². The molecule has 3 atom stereocenters. The molecule has 8 heteroatoms. The van der Waals surface area contributed by atoms with Crippen LogP contribution in [-0.4, -0.2) is 37.1 Å². The van der Waals surface area contributed by atoms with Crippen LogP contribution in [0.25, 0.3) is 0 Å². The normalized spacial score (nSPS) is 25.8. The molecular weight excluding hydrogens is 527 g/mol. The first-order valence-electron chi connectivity index (χ1n) is 13.0. The van der Waals surface area contributed by atoms with Gasteiger partial charge in [0.05, 0.1) is 22.7 Å². The van der Waals surface area contributed by atoms with Gasteiger partial charge in [-0.15, -0.1) is 6.58 Å². The van der Waals surface area contributed by atoms with Crippen LogP contribution in [0.5, 0.6) is 0 Å². The van der Waals surface area contributed by atoms with Gasteiger partial charge in [0.2, 0.25) is 15.9 Å². The minimum Gasteiger partial charge on any atom is -0.328 e. The third kappa shape index (κ3) is 5.78. The summed E-state index contributed by atoms with van der Waals surface area (Å²) in [6.07, 6.45) is 6.32. The summed E-state index contributed by atoms with van der Waals surface area (Å²) in [5.41, 5.74) is 0.718. The molecular formula is C29H36Cl2N2O3S. The molecule has 1 unspecified atom stereocenters. The molecule has 37 heavy (non-hydrogen) atoms. The van der Waals surface area contributed by atoms with Crippen molar-refractivity contribution in [2.24, 2.45) is 5.41 Å². The molecule has 1 aliphatic heterocycles. The van der Waals surface area contributed by atoms with Gasteiger partial charge in [-0.2, -0.15) is 0 Å². The Hall–Kier alpha value is -1.86. The van der Waals surface area contributed by atoms with Gasteiger partial charge in [0.1, 0.15) is 0 Å². The minimum atomic E-state index is -3.44. The van der Waals surface area contributed by atoms with Crippen LogP contribution in [0.1, 0.15) is 75.5 Å². The first-order valence-corrected chi connectivity index (χ1v) is 15.4. The average molecular weight is 564 g/mol. The van der Waals surface area contributed by atoms with Crippen LogP contribution in [-0.2, 0) is 14.8 Å². The zero-order chi connectivity index (χ0) is 26.8. The van der Waals surface area contributed by atoms with Crippen LogP contribution in [0, 0.1) is 5.41 Å². The highest BCUT2D eigenvalue weighted by Gasteiger charge is 2.56. The highest BCUT2D eigenvalue weighted by Crippen LogP contribution is 2.55. The molecule has 0 aromatic heterocycles. The number of halogens is 2. The van der Waals surface area contributed by atoms with E-state index in [0.29, 0.717) is 22.9 Å². The van der Waals surface area contributed by atoms with Crippen LogP contribution in [0.3, 0.4) is 0 Å². The molecule has 0 bridgehead atoms. The van der Waals surface area contributed by atoms with Crippen LogP contribution in [0.15, 0.2) is 61.2 Å². The van der Waals surface area contributed by atoms with Crippen LogP contribution < -0.4 is 4.72 Å². The molecule has 1 heterocycles. The fourth-order valence-corrected chi connectivity index (χ4v) is 7.26. The number of nitrogens with one attached hydrogen (secondary N) is 1. The first kappa shape index (κ1) is 28.2. The lowest BCUT2D eigenvalue weighted by Crippen LogP contribution is -2.63. The average Bonchev–Trinajstić information content (AvgIpc) is 3.35. The van der Waals surface area contributed by atoms with Crippen molar-refractivity contribution >= 4 is 39.1 Å². The monoisotopic (exact) mass is 562 g/mol. The van der Waals surface area contributed by atoms with Gasteiger partial charge in [-0.3, -0.25) is 4.79 Å². The Morgan fingerprint density at radius 1 is 1.08 bits per heavy atom. The smallest absolute Gasteiger partial charge is 0.229 e. The van der Waals surface area contributed by atoms with E-state index in [-0.39, 0.29) is 30.2 Å². The third-order valence-electron chi connectivity index (χ3n) is 8.19. The number of piperidine rings is 1. The molecule has 0 radical (unpaired) electrons. The zero-order valence-electron chi connectivity index (χ0n) is 21.6. The summed E-state index contributed by atoms with van der Waals surface area (Å²) in [6.45, 7) is 7.79. The Morgan fingerprint density at radius 2 is 1.76 bits per heavy atom. The molecule has 2 aromatic carbocycles. The number of sulfonamides is 1. The number of hydrogen-bond acceptors (Lipinski definition) is 3. The standard InChI is InChI=1S/C29H36Cl2N2O3S/c1-4-15-28(3)19-25(22-9-8-10-24(31)18-22)26(21-11-13-23(30)14-12-21)33(27(28)34)29(16-6-7-17-29)20-32-37(35,36)5-2/h4,8-14,18,25-26,32H,1,5-7,15-17,19-20H2,2-3H3/t25-,26?,28+/m1/s1. The maximum absolute atomic E-state index is 14.6. The third-order valence-corrected chi connectivity index (χ3v) is 10.0. The summed E-state index contributed by atoms with van der Waals surface area (Å²) >= 11 is 12.7. The Kier molecular flexibility index (Phi) is 8.44. The van der Waals surface area contributed by atoms with Crippen molar-refractivity contribution in [3.05, 3.63) is 82.4 Å². The molecule has 1 saturated carbocycles. The summed E-state index contributed by atoms with van der Waals surface area (Å²) in [7, 11) is -3.44. The highest BCUT2D eigenvalue weighted by atomic mass is 35.5. The number of amides is 1. The second-order valence-corrected chi connectivity index (χ2v) is 13.7. The lowest BCUT2D eigenvalue weighted by Gasteiger charge is -2.56. The SMILES string of the molecule is C=CC[C@@]1(C)C[C@H](c2cccc(Cl)c2)C(c2ccc(Cl)cc2)N(C2(CNS(=O)(=O)CC)CCCC2)C1=O. The van der Waals surface area contributed by atoms with Crippen molar-refractivity contribution in [3.8, 4) is 0 Å². The van der Waals surface area contributed by atoms with E-state index < -0.39 is 21.0 Å². The predicted octanol–water partition coefficient (Wildman–Crippen LogP) is 6.89.